The molecular weight excluding hydrogens is 402 g/mol. The molecule has 2 heterocycles. The van der Waals surface area contributed by atoms with Crippen LogP contribution in [0.4, 0.5) is 0 Å². The maximum absolute atomic E-state index is 8.99. The van der Waals surface area contributed by atoms with Crippen LogP contribution >= 0.6 is 0 Å². The zero-order valence-corrected chi connectivity index (χ0v) is 22.7. The largest absolute Gasteiger partial charge is 0.220 e. The SMILES string of the molecule is [2H]c1c(C)[n+](C)c(-c2cc(C(C)(C)C)cc(C)c2C)c2ccc(C3CC[Si](C)(C)CC3)cc12. The van der Waals surface area contributed by atoms with E-state index in [0.29, 0.717) is 12.0 Å². The van der Waals surface area contributed by atoms with Gasteiger partial charge in [-0.2, -0.15) is 4.57 Å². The lowest BCUT2D eigenvalue weighted by molar-refractivity contribution is -0.665. The Balaban J connectivity index is 1.93. The summed E-state index contributed by atoms with van der Waals surface area (Å²) in [5, 5.41) is 2.31. The third-order valence-corrected chi connectivity index (χ3v) is 11.3. The Hall–Kier alpha value is -1.93. The minimum absolute atomic E-state index is 0.0945. The molecule has 170 valence electrons. The van der Waals surface area contributed by atoms with Gasteiger partial charge in [0, 0.05) is 21.0 Å². The Kier molecular flexibility index (Phi) is 5.56. The number of aromatic nitrogens is 1. The Morgan fingerprint density at radius 2 is 1.66 bits per heavy atom. The van der Waals surface area contributed by atoms with Gasteiger partial charge in [0.15, 0.2) is 5.69 Å². The van der Waals surface area contributed by atoms with Gasteiger partial charge in [-0.05, 0) is 77.8 Å². The van der Waals surface area contributed by atoms with E-state index >= 15 is 0 Å². The Morgan fingerprint density at radius 3 is 2.28 bits per heavy atom. The topological polar surface area (TPSA) is 3.88 Å². The summed E-state index contributed by atoms with van der Waals surface area (Å²) in [7, 11) is 1.16. The molecule has 0 spiro atoms. The second-order valence-corrected chi connectivity index (χ2v) is 17.4. The van der Waals surface area contributed by atoms with E-state index in [1.807, 2.05) is 0 Å². The molecule has 0 unspecified atom stereocenters. The molecule has 1 aromatic heterocycles. The summed E-state index contributed by atoms with van der Waals surface area (Å²) in [6.07, 6.45) is 2.63. The molecule has 2 heteroatoms. The molecule has 1 saturated heterocycles. The molecule has 1 aliphatic rings. The van der Waals surface area contributed by atoms with Crippen LogP contribution in [0.1, 0.15) is 68.8 Å². The van der Waals surface area contributed by atoms with Gasteiger partial charge in [0.05, 0.1) is 12.3 Å². The Morgan fingerprint density at radius 1 is 1.00 bits per heavy atom. The standard InChI is InChI=1S/C30H42NSi/c1-20-16-26(30(4,5)6)19-28(22(20)3)29-27-11-10-24(18-25(27)17-21(2)31(29)7)23-12-14-32(8,9)15-13-23/h10-11,16-19,23H,12-15H2,1-9H3/q+1/i17D. The summed E-state index contributed by atoms with van der Waals surface area (Å²) < 4.78 is 11.2. The van der Waals surface area contributed by atoms with Gasteiger partial charge >= 0.3 is 0 Å². The molecule has 0 saturated carbocycles. The number of aryl methyl sites for hydroxylation is 1. The van der Waals surface area contributed by atoms with Crippen LogP contribution in [-0.4, -0.2) is 8.07 Å². The predicted molar refractivity (Wildman–Crippen MR) is 143 cm³/mol. The molecule has 0 bridgehead atoms. The second kappa shape index (κ2) is 8.13. The monoisotopic (exact) mass is 445 g/mol. The summed E-state index contributed by atoms with van der Waals surface area (Å²) in [6.45, 7) is 18.5. The van der Waals surface area contributed by atoms with Crippen molar-refractivity contribution in [3.63, 3.8) is 0 Å². The number of rotatable bonds is 2. The molecule has 2 aromatic carbocycles. The highest BCUT2D eigenvalue weighted by Crippen LogP contribution is 2.40. The van der Waals surface area contributed by atoms with Gasteiger partial charge in [-0.3, -0.25) is 0 Å². The molecule has 1 nitrogen and oxygen atoms in total. The van der Waals surface area contributed by atoms with Crippen LogP contribution < -0.4 is 4.57 Å². The van der Waals surface area contributed by atoms with E-state index in [1.165, 1.54) is 63.8 Å². The van der Waals surface area contributed by atoms with Crippen molar-refractivity contribution < 1.29 is 5.94 Å². The summed E-state index contributed by atoms with van der Waals surface area (Å²) in [4.78, 5) is 0. The van der Waals surface area contributed by atoms with Gasteiger partial charge < -0.3 is 0 Å². The van der Waals surface area contributed by atoms with E-state index in [1.54, 1.807) is 0 Å². The van der Waals surface area contributed by atoms with E-state index in [-0.39, 0.29) is 5.41 Å². The first-order valence-electron chi connectivity index (χ1n) is 12.8. The molecule has 0 aliphatic carbocycles. The number of hydrogen-bond donors (Lipinski definition) is 0. The van der Waals surface area contributed by atoms with Gasteiger partial charge in [-0.25, -0.2) is 0 Å². The molecule has 32 heavy (non-hydrogen) atoms. The molecule has 0 atom stereocenters. The molecule has 3 aromatic rings. The smallest absolute Gasteiger partial charge is 0.198 e. The highest BCUT2D eigenvalue weighted by molar-refractivity contribution is 6.77. The summed E-state index contributed by atoms with van der Waals surface area (Å²) in [6, 6.07) is 15.3. The highest BCUT2D eigenvalue weighted by atomic mass is 28.3. The van der Waals surface area contributed by atoms with Crippen LogP contribution in [0.25, 0.3) is 22.0 Å². The van der Waals surface area contributed by atoms with Crippen molar-refractivity contribution in [2.45, 2.75) is 90.9 Å². The van der Waals surface area contributed by atoms with Crippen molar-refractivity contribution in [1.29, 1.82) is 0 Å². The van der Waals surface area contributed by atoms with Crippen LogP contribution in [0.15, 0.2) is 36.4 Å². The number of benzene rings is 2. The van der Waals surface area contributed by atoms with Crippen molar-refractivity contribution in [3.8, 4) is 11.3 Å². The zero-order valence-electron chi connectivity index (χ0n) is 22.7. The molecule has 0 amide bonds. The van der Waals surface area contributed by atoms with Crippen LogP contribution in [-0.2, 0) is 12.5 Å². The third-order valence-electron chi connectivity index (χ3n) is 8.05. The van der Waals surface area contributed by atoms with E-state index < -0.39 is 8.07 Å². The summed E-state index contributed by atoms with van der Waals surface area (Å²) in [5.74, 6) is 0.653. The van der Waals surface area contributed by atoms with Crippen molar-refractivity contribution in [1.82, 2.24) is 0 Å². The van der Waals surface area contributed by atoms with Crippen molar-refractivity contribution in [2.75, 3.05) is 0 Å². The lowest BCUT2D eigenvalue weighted by Crippen LogP contribution is -2.35. The van der Waals surface area contributed by atoms with Gasteiger partial charge in [0.1, 0.15) is 7.05 Å². The second-order valence-electron chi connectivity index (χ2n) is 12.1. The van der Waals surface area contributed by atoms with Gasteiger partial charge in [0.25, 0.3) is 0 Å². The fourth-order valence-corrected chi connectivity index (χ4v) is 7.86. The average Bonchev–Trinajstić information content (AvgIpc) is 2.74. The number of pyridine rings is 1. The van der Waals surface area contributed by atoms with Gasteiger partial charge in [0.2, 0.25) is 5.69 Å². The number of hydrogen-bond acceptors (Lipinski definition) is 0. The molecule has 4 rings (SSSR count). The first kappa shape index (κ1) is 21.9. The predicted octanol–water partition coefficient (Wildman–Crippen LogP) is 8.14. The van der Waals surface area contributed by atoms with E-state index in [0.717, 1.165) is 11.1 Å². The highest BCUT2D eigenvalue weighted by Gasteiger charge is 2.30. The molecule has 0 N–H and O–H groups in total. The number of nitrogens with zero attached hydrogens (tertiary/aromatic N) is 1. The summed E-state index contributed by atoms with van der Waals surface area (Å²) in [5.41, 5.74) is 9.15. The average molecular weight is 446 g/mol. The minimum Gasteiger partial charge on any atom is -0.198 e. The van der Waals surface area contributed by atoms with Crippen LogP contribution in [0.2, 0.25) is 25.2 Å². The maximum Gasteiger partial charge on any atom is 0.220 e. The van der Waals surface area contributed by atoms with Gasteiger partial charge in [-0.1, -0.05) is 64.2 Å². The van der Waals surface area contributed by atoms with Crippen molar-refractivity contribution in [2.24, 2.45) is 7.05 Å². The van der Waals surface area contributed by atoms with Crippen LogP contribution in [0.3, 0.4) is 0 Å². The minimum atomic E-state index is -0.972. The molecule has 1 fully saturated rings. The van der Waals surface area contributed by atoms with E-state index in [4.69, 9.17) is 1.37 Å². The fourth-order valence-electron chi connectivity index (χ4n) is 5.35. The third kappa shape index (κ3) is 4.31. The van der Waals surface area contributed by atoms with Crippen LogP contribution in [0, 0.1) is 20.8 Å². The lowest BCUT2D eigenvalue weighted by atomic mass is 9.82. The first-order chi connectivity index (χ1) is 15.3. The van der Waals surface area contributed by atoms with Gasteiger partial charge in [-0.15, -0.1) is 0 Å². The fraction of sp³-hybridized carbons (Fsp3) is 0.500. The van der Waals surface area contributed by atoms with Crippen LogP contribution in [0.5, 0.6) is 0 Å². The normalized spacial score (nSPS) is 17.6. The summed E-state index contributed by atoms with van der Waals surface area (Å²) >= 11 is 0. The Bertz CT molecular complexity index is 1220. The van der Waals surface area contributed by atoms with Crippen molar-refractivity contribution >= 4 is 18.8 Å². The zero-order chi connectivity index (χ0) is 24.3. The van der Waals surface area contributed by atoms with E-state index in [2.05, 4.69) is 96.6 Å². The maximum atomic E-state index is 8.99. The molecule has 0 radical (unpaired) electrons. The van der Waals surface area contributed by atoms with Crippen molar-refractivity contribution in [3.05, 3.63) is 64.3 Å². The lowest BCUT2D eigenvalue weighted by Gasteiger charge is -2.33. The van der Waals surface area contributed by atoms with E-state index in [9.17, 15) is 0 Å². The Labute approximate surface area is 198 Å². The number of fused-ring (bicyclic) bond motifs is 1. The first-order valence-corrected chi connectivity index (χ1v) is 15.8. The molecular formula is C30H42NSi+. The molecule has 1 aliphatic heterocycles. The quantitative estimate of drug-likeness (QED) is 0.277.